The van der Waals surface area contributed by atoms with E-state index < -0.39 is 0 Å². The van der Waals surface area contributed by atoms with Crippen LogP contribution in [-0.4, -0.2) is 16.9 Å². The van der Waals surface area contributed by atoms with Gasteiger partial charge in [0.25, 0.3) is 0 Å². The highest BCUT2D eigenvalue weighted by atomic mass is 16.5. The molecule has 0 atom stereocenters. The Balaban J connectivity index is 2.19. The summed E-state index contributed by atoms with van der Waals surface area (Å²) in [5.74, 6) is 0.786. The molecule has 72 valence electrons. The molecular weight excluding hydrogens is 176 g/mol. The molecule has 2 rings (SSSR count). The first kappa shape index (κ1) is 8.81. The van der Waals surface area contributed by atoms with Crippen LogP contribution in [0.25, 0.3) is 0 Å². The first-order valence-corrected chi connectivity index (χ1v) is 4.50. The van der Waals surface area contributed by atoms with Crippen LogP contribution >= 0.6 is 0 Å². The van der Waals surface area contributed by atoms with E-state index in [0.717, 1.165) is 12.4 Å². The summed E-state index contributed by atoms with van der Waals surface area (Å²) >= 11 is 0. The van der Waals surface area contributed by atoms with Crippen molar-refractivity contribution in [1.82, 2.24) is 9.78 Å². The highest BCUT2D eigenvalue weighted by Crippen LogP contribution is 2.11. The van der Waals surface area contributed by atoms with Gasteiger partial charge in [-0.15, -0.1) is 0 Å². The predicted molar refractivity (Wildman–Crippen MR) is 54.3 cm³/mol. The van der Waals surface area contributed by atoms with E-state index in [4.69, 9.17) is 4.74 Å². The van der Waals surface area contributed by atoms with Crippen LogP contribution in [0, 0.1) is 0 Å². The molecule has 0 radical (unpaired) electrons. The van der Waals surface area contributed by atoms with Gasteiger partial charge in [0.1, 0.15) is 0 Å². The van der Waals surface area contributed by atoms with E-state index in [1.165, 1.54) is 5.56 Å². The van der Waals surface area contributed by atoms with Crippen LogP contribution in [0.4, 0.5) is 0 Å². The van der Waals surface area contributed by atoms with Crippen LogP contribution in [0.2, 0.25) is 0 Å². The van der Waals surface area contributed by atoms with Crippen LogP contribution < -0.4 is 4.74 Å². The lowest BCUT2D eigenvalue weighted by Gasteiger charge is -2.05. The number of nitrogens with zero attached hydrogens (tertiary/aromatic N) is 2. The third-order valence-electron chi connectivity index (χ3n) is 2.06. The Labute approximate surface area is 82.9 Å². The van der Waals surface area contributed by atoms with E-state index in [2.05, 4.69) is 17.2 Å². The third kappa shape index (κ3) is 1.76. The highest BCUT2D eigenvalue weighted by Gasteiger charge is 2.01. The largest absolute Gasteiger partial charge is 0.481 e. The molecule has 0 amide bonds. The summed E-state index contributed by atoms with van der Waals surface area (Å²) in [6.07, 6.45) is 1.74. The van der Waals surface area contributed by atoms with E-state index in [1.54, 1.807) is 13.3 Å². The minimum absolute atomic E-state index is 0.747. The molecule has 0 aliphatic heterocycles. The zero-order valence-electron chi connectivity index (χ0n) is 8.05. The molecule has 0 aliphatic rings. The van der Waals surface area contributed by atoms with Crippen molar-refractivity contribution in [2.75, 3.05) is 7.11 Å². The SMILES string of the molecule is COc1ccnn1Cc1ccccc1. The zero-order chi connectivity index (χ0) is 9.80. The molecule has 0 spiro atoms. The van der Waals surface area contributed by atoms with E-state index >= 15 is 0 Å². The molecule has 0 N–H and O–H groups in total. The number of aromatic nitrogens is 2. The van der Waals surface area contributed by atoms with Gasteiger partial charge in [-0.25, -0.2) is 4.68 Å². The number of benzene rings is 1. The van der Waals surface area contributed by atoms with Crippen LogP contribution in [-0.2, 0) is 6.54 Å². The van der Waals surface area contributed by atoms with E-state index in [9.17, 15) is 0 Å². The van der Waals surface area contributed by atoms with Crippen molar-refractivity contribution in [1.29, 1.82) is 0 Å². The number of methoxy groups -OCH3 is 1. The average Bonchev–Trinajstić information content (AvgIpc) is 2.67. The van der Waals surface area contributed by atoms with E-state index in [1.807, 2.05) is 28.9 Å². The van der Waals surface area contributed by atoms with Crippen LogP contribution in [0.1, 0.15) is 5.56 Å². The van der Waals surface area contributed by atoms with Crippen molar-refractivity contribution < 1.29 is 4.74 Å². The van der Waals surface area contributed by atoms with E-state index in [0.29, 0.717) is 0 Å². The molecule has 1 aromatic carbocycles. The summed E-state index contributed by atoms with van der Waals surface area (Å²) in [4.78, 5) is 0. The first-order chi connectivity index (χ1) is 6.90. The molecule has 0 unspecified atom stereocenters. The Bertz CT molecular complexity index is 395. The van der Waals surface area contributed by atoms with Crippen LogP contribution in [0.3, 0.4) is 0 Å². The maximum Gasteiger partial charge on any atom is 0.211 e. The molecule has 3 nitrogen and oxygen atoms in total. The van der Waals surface area contributed by atoms with Gasteiger partial charge in [0, 0.05) is 6.07 Å². The van der Waals surface area contributed by atoms with Crippen molar-refractivity contribution in [3.8, 4) is 5.88 Å². The molecule has 1 aromatic heterocycles. The Morgan fingerprint density at radius 3 is 2.71 bits per heavy atom. The molecule has 0 aliphatic carbocycles. The maximum atomic E-state index is 5.16. The predicted octanol–water partition coefficient (Wildman–Crippen LogP) is 1.94. The van der Waals surface area contributed by atoms with Gasteiger partial charge in [-0.3, -0.25) is 0 Å². The fourth-order valence-corrected chi connectivity index (χ4v) is 1.37. The topological polar surface area (TPSA) is 27.1 Å². The number of hydrogen-bond acceptors (Lipinski definition) is 2. The smallest absolute Gasteiger partial charge is 0.211 e. The lowest BCUT2D eigenvalue weighted by molar-refractivity contribution is 0.366. The fraction of sp³-hybridized carbons (Fsp3) is 0.182. The quantitative estimate of drug-likeness (QED) is 0.736. The van der Waals surface area contributed by atoms with Gasteiger partial charge >= 0.3 is 0 Å². The normalized spacial score (nSPS) is 10.1. The molecule has 2 aromatic rings. The average molecular weight is 188 g/mol. The molecule has 0 saturated carbocycles. The second kappa shape index (κ2) is 3.96. The summed E-state index contributed by atoms with van der Waals surface area (Å²) in [7, 11) is 1.65. The molecule has 0 bridgehead atoms. The van der Waals surface area contributed by atoms with Gasteiger partial charge in [0.05, 0.1) is 19.9 Å². The summed E-state index contributed by atoms with van der Waals surface area (Å²) < 4.78 is 6.99. The molecule has 0 saturated heterocycles. The molecule has 0 fully saturated rings. The Morgan fingerprint density at radius 1 is 1.21 bits per heavy atom. The lowest BCUT2D eigenvalue weighted by atomic mass is 10.2. The van der Waals surface area contributed by atoms with Gasteiger partial charge in [-0.05, 0) is 5.56 Å². The van der Waals surface area contributed by atoms with Gasteiger partial charge in [-0.2, -0.15) is 5.10 Å². The lowest BCUT2D eigenvalue weighted by Crippen LogP contribution is -2.03. The Morgan fingerprint density at radius 2 is 2.00 bits per heavy atom. The van der Waals surface area contributed by atoms with Crippen LogP contribution in [0.15, 0.2) is 42.6 Å². The highest BCUT2D eigenvalue weighted by molar-refractivity contribution is 5.17. The summed E-state index contributed by atoms with van der Waals surface area (Å²) in [6.45, 7) is 0.747. The number of hydrogen-bond donors (Lipinski definition) is 0. The Hall–Kier alpha value is -1.77. The van der Waals surface area contributed by atoms with Crippen molar-refractivity contribution in [3.63, 3.8) is 0 Å². The van der Waals surface area contributed by atoms with Crippen molar-refractivity contribution in [2.24, 2.45) is 0 Å². The van der Waals surface area contributed by atoms with Crippen molar-refractivity contribution in [2.45, 2.75) is 6.54 Å². The third-order valence-corrected chi connectivity index (χ3v) is 2.06. The number of ether oxygens (including phenoxy) is 1. The second-order valence-electron chi connectivity index (χ2n) is 3.02. The first-order valence-electron chi connectivity index (χ1n) is 4.50. The summed E-state index contributed by atoms with van der Waals surface area (Å²) in [5, 5.41) is 4.17. The molecule has 14 heavy (non-hydrogen) atoms. The van der Waals surface area contributed by atoms with Gasteiger partial charge in [0.15, 0.2) is 0 Å². The Kier molecular flexibility index (Phi) is 2.49. The van der Waals surface area contributed by atoms with Gasteiger partial charge in [-0.1, -0.05) is 30.3 Å². The molecule has 3 heteroatoms. The second-order valence-corrected chi connectivity index (χ2v) is 3.02. The number of rotatable bonds is 3. The monoisotopic (exact) mass is 188 g/mol. The van der Waals surface area contributed by atoms with Gasteiger partial charge < -0.3 is 4.74 Å². The summed E-state index contributed by atoms with van der Waals surface area (Å²) in [6, 6.07) is 12.0. The molecule has 1 heterocycles. The summed E-state index contributed by atoms with van der Waals surface area (Å²) in [5.41, 5.74) is 1.22. The van der Waals surface area contributed by atoms with Crippen molar-refractivity contribution in [3.05, 3.63) is 48.2 Å². The standard InChI is InChI=1S/C11H12N2O/c1-14-11-7-8-12-13(11)9-10-5-3-2-4-6-10/h2-8H,9H2,1H3. The minimum atomic E-state index is 0.747. The fourth-order valence-electron chi connectivity index (χ4n) is 1.37. The van der Waals surface area contributed by atoms with E-state index in [-0.39, 0.29) is 0 Å². The zero-order valence-corrected chi connectivity index (χ0v) is 8.05. The maximum absolute atomic E-state index is 5.16. The molecular formula is C11H12N2O. The van der Waals surface area contributed by atoms with Crippen molar-refractivity contribution >= 4 is 0 Å². The van der Waals surface area contributed by atoms with Gasteiger partial charge in [0.2, 0.25) is 5.88 Å². The van der Waals surface area contributed by atoms with Crippen LogP contribution in [0.5, 0.6) is 5.88 Å². The minimum Gasteiger partial charge on any atom is -0.481 e.